The van der Waals surface area contributed by atoms with Gasteiger partial charge in [-0.15, -0.1) is 0 Å². The van der Waals surface area contributed by atoms with Crippen LogP contribution in [-0.2, 0) is 28.1 Å². The summed E-state index contributed by atoms with van der Waals surface area (Å²) >= 11 is 0. The van der Waals surface area contributed by atoms with Gasteiger partial charge in [-0.05, 0) is 26.3 Å². The Hall–Kier alpha value is -1.37. The van der Waals surface area contributed by atoms with Crippen molar-refractivity contribution in [2.45, 2.75) is 32.7 Å². The highest BCUT2D eigenvalue weighted by atomic mass is 32.2. The first kappa shape index (κ1) is 15.0. The van der Waals surface area contributed by atoms with Crippen LogP contribution in [0.15, 0.2) is 6.07 Å². The second kappa shape index (κ2) is 5.55. The number of hydrogen-bond acceptors (Lipinski definition) is 4. The van der Waals surface area contributed by atoms with Crippen LogP contribution in [0.2, 0.25) is 0 Å². The van der Waals surface area contributed by atoms with Crippen LogP contribution in [-0.4, -0.2) is 53.1 Å². The fourth-order valence-corrected chi connectivity index (χ4v) is 4.48. The van der Waals surface area contributed by atoms with Gasteiger partial charge in [-0.1, -0.05) is 0 Å². The van der Waals surface area contributed by atoms with E-state index in [9.17, 15) is 13.2 Å². The summed E-state index contributed by atoms with van der Waals surface area (Å²) in [6.07, 6.45) is 0.814. The molecule has 0 N–H and O–H groups in total. The molecular formula is C13H21N3O3S. The molecule has 0 spiro atoms. The van der Waals surface area contributed by atoms with E-state index in [2.05, 4.69) is 5.10 Å². The van der Waals surface area contributed by atoms with Crippen molar-refractivity contribution < 1.29 is 13.2 Å². The smallest absolute Gasteiger partial charge is 0.228 e. The predicted molar refractivity (Wildman–Crippen MR) is 76.1 cm³/mol. The molecule has 1 saturated heterocycles. The number of nitrogens with zero attached hydrogens (tertiary/aromatic N) is 3. The summed E-state index contributed by atoms with van der Waals surface area (Å²) in [5.41, 5.74) is 1.73. The maximum Gasteiger partial charge on any atom is 0.228 e. The maximum atomic E-state index is 12.4. The van der Waals surface area contributed by atoms with Crippen molar-refractivity contribution in [2.24, 2.45) is 7.05 Å². The lowest BCUT2D eigenvalue weighted by atomic mass is 10.2. The number of likely N-dealkylation sites (N-methyl/N-ethyl adjacent to an activating group) is 1. The van der Waals surface area contributed by atoms with Gasteiger partial charge in [0, 0.05) is 25.3 Å². The zero-order valence-electron chi connectivity index (χ0n) is 12.2. The molecule has 1 aliphatic heterocycles. The number of carbonyl (C=O) groups excluding carboxylic acids is 1. The molecule has 1 unspecified atom stereocenters. The predicted octanol–water partition coefficient (Wildman–Crippen LogP) is 0.307. The van der Waals surface area contributed by atoms with Crippen LogP contribution in [0.4, 0.5) is 0 Å². The second-order valence-electron chi connectivity index (χ2n) is 5.31. The molecule has 1 fully saturated rings. The minimum absolute atomic E-state index is 0.0300. The first-order valence-electron chi connectivity index (χ1n) is 6.82. The molecule has 1 aromatic rings. The summed E-state index contributed by atoms with van der Waals surface area (Å²) in [6.45, 7) is 4.31. The van der Waals surface area contributed by atoms with E-state index < -0.39 is 9.84 Å². The lowest BCUT2D eigenvalue weighted by molar-refractivity contribution is -0.132. The molecule has 1 aromatic heterocycles. The van der Waals surface area contributed by atoms with Gasteiger partial charge in [0.25, 0.3) is 0 Å². The largest absolute Gasteiger partial charge is 0.339 e. The van der Waals surface area contributed by atoms with Gasteiger partial charge in [0.05, 0.1) is 23.6 Å². The summed E-state index contributed by atoms with van der Waals surface area (Å²) in [5, 5.41) is 4.22. The lowest BCUT2D eigenvalue weighted by Gasteiger charge is -2.26. The molecule has 0 aromatic carbocycles. The molecule has 1 amide bonds. The van der Waals surface area contributed by atoms with Crippen molar-refractivity contribution in [2.75, 3.05) is 18.1 Å². The summed E-state index contributed by atoms with van der Waals surface area (Å²) in [6, 6.07) is 1.71. The molecule has 7 heteroatoms. The number of carbonyl (C=O) groups is 1. The number of rotatable bonds is 4. The van der Waals surface area contributed by atoms with E-state index >= 15 is 0 Å². The lowest BCUT2D eigenvalue weighted by Crippen LogP contribution is -2.42. The van der Waals surface area contributed by atoms with Crippen LogP contribution in [0.1, 0.15) is 24.7 Å². The minimum Gasteiger partial charge on any atom is -0.339 e. The number of aryl methyl sites for hydroxylation is 2. The van der Waals surface area contributed by atoms with Crippen LogP contribution in [0.25, 0.3) is 0 Å². The van der Waals surface area contributed by atoms with Crippen molar-refractivity contribution in [3.63, 3.8) is 0 Å². The molecule has 0 saturated carbocycles. The van der Waals surface area contributed by atoms with Gasteiger partial charge in [0.15, 0.2) is 9.84 Å². The third-order valence-electron chi connectivity index (χ3n) is 3.74. The van der Waals surface area contributed by atoms with Crippen LogP contribution in [0.5, 0.6) is 0 Å². The first-order chi connectivity index (χ1) is 9.32. The van der Waals surface area contributed by atoms with Gasteiger partial charge >= 0.3 is 0 Å². The standard InChI is InChI=1S/C13H21N3O3S/c1-4-16(11-5-6-20(18,19)9-11)13(17)8-12-7-10(2)14-15(12)3/h7,11H,4-6,8-9H2,1-3H3. The summed E-state index contributed by atoms with van der Waals surface area (Å²) in [7, 11) is -1.16. The van der Waals surface area contributed by atoms with Gasteiger partial charge in [-0.2, -0.15) is 5.10 Å². The Morgan fingerprint density at radius 1 is 1.55 bits per heavy atom. The van der Waals surface area contributed by atoms with Crippen LogP contribution in [0.3, 0.4) is 0 Å². The number of aromatic nitrogens is 2. The summed E-state index contributed by atoms with van der Waals surface area (Å²) < 4.78 is 24.8. The van der Waals surface area contributed by atoms with Gasteiger partial charge in [0.2, 0.25) is 5.91 Å². The molecular weight excluding hydrogens is 278 g/mol. The van der Waals surface area contributed by atoms with Gasteiger partial charge in [-0.3, -0.25) is 9.48 Å². The van der Waals surface area contributed by atoms with E-state index in [-0.39, 0.29) is 29.9 Å². The molecule has 6 nitrogen and oxygen atoms in total. The van der Waals surface area contributed by atoms with Gasteiger partial charge in [-0.25, -0.2) is 8.42 Å². The fourth-order valence-electron chi connectivity index (χ4n) is 2.75. The molecule has 2 heterocycles. The van der Waals surface area contributed by atoms with Crippen molar-refractivity contribution in [3.8, 4) is 0 Å². The average Bonchev–Trinajstić information content (AvgIpc) is 2.83. The zero-order valence-corrected chi connectivity index (χ0v) is 13.0. The third kappa shape index (κ3) is 3.20. The van der Waals surface area contributed by atoms with Gasteiger partial charge < -0.3 is 4.90 Å². The van der Waals surface area contributed by atoms with E-state index in [1.807, 2.05) is 27.0 Å². The van der Waals surface area contributed by atoms with Crippen molar-refractivity contribution in [3.05, 3.63) is 17.5 Å². The molecule has 0 radical (unpaired) electrons. The van der Waals surface area contributed by atoms with Crippen molar-refractivity contribution >= 4 is 15.7 Å². The minimum atomic E-state index is -2.97. The molecule has 20 heavy (non-hydrogen) atoms. The van der Waals surface area contributed by atoms with E-state index in [1.54, 1.807) is 9.58 Å². The summed E-state index contributed by atoms with van der Waals surface area (Å²) in [4.78, 5) is 14.1. The first-order valence-corrected chi connectivity index (χ1v) is 8.64. The van der Waals surface area contributed by atoms with Gasteiger partial charge in [0.1, 0.15) is 0 Å². The Morgan fingerprint density at radius 3 is 2.70 bits per heavy atom. The third-order valence-corrected chi connectivity index (χ3v) is 5.49. The topological polar surface area (TPSA) is 72.3 Å². The Kier molecular flexibility index (Phi) is 4.17. The molecule has 1 aliphatic rings. The number of sulfone groups is 1. The number of amides is 1. The quantitative estimate of drug-likeness (QED) is 0.802. The Balaban J connectivity index is 2.08. The van der Waals surface area contributed by atoms with Crippen LogP contribution < -0.4 is 0 Å². The molecule has 2 rings (SSSR count). The molecule has 1 atom stereocenters. The van der Waals surface area contributed by atoms with E-state index in [1.165, 1.54) is 0 Å². The zero-order chi connectivity index (χ0) is 14.9. The fraction of sp³-hybridized carbons (Fsp3) is 0.692. The van der Waals surface area contributed by atoms with Crippen LogP contribution >= 0.6 is 0 Å². The van der Waals surface area contributed by atoms with Crippen molar-refractivity contribution in [1.82, 2.24) is 14.7 Å². The highest BCUT2D eigenvalue weighted by Crippen LogP contribution is 2.18. The monoisotopic (exact) mass is 299 g/mol. The Labute approximate surface area is 119 Å². The van der Waals surface area contributed by atoms with E-state index in [4.69, 9.17) is 0 Å². The normalized spacial score (nSPS) is 21.1. The highest BCUT2D eigenvalue weighted by Gasteiger charge is 2.33. The average molecular weight is 299 g/mol. The molecule has 0 aliphatic carbocycles. The van der Waals surface area contributed by atoms with Crippen molar-refractivity contribution in [1.29, 1.82) is 0 Å². The molecule has 112 valence electrons. The number of hydrogen-bond donors (Lipinski definition) is 0. The second-order valence-corrected chi connectivity index (χ2v) is 7.54. The molecule has 0 bridgehead atoms. The Morgan fingerprint density at radius 2 is 2.25 bits per heavy atom. The Bertz CT molecular complexity index is 606. The highest BCUT2D eigenvalue weighted by molar-refractivity contribution is 7.91. The maximum absolute atomic E-state index is 12.4. The van der Waals surface area contributed by atoms with E-state index in [0.29, 0.717) is 13.0 Å². The SMILES string of the molecule is CCN(C(=O)Cc1cc(C)nn1C)C1CCS(=O)(=O)C1. The van der Waals surface area contributed by atoms with Crippen LogP contribution in [0, 0.1) is 6.92 Å². The summed E-state index contributed by atoms with van der Waals surface area (Å²) in [5.74, 6) is 0.251. The van der Waals surface area contributed by atoms with E-state index in [0.717, 1.165) is 11.4 Å².